The topological polar surface area (TPSA) is 61.9 Å². The first-order valence-electron chi connectivity index (χ1n) is 12.7. The van der Waals surface area contributed by atoms with Gasteiger partial charge in [0.05, 0.1) is 0 Å². The van der Waals surface area contributed by atoms with E-state index in [1.165, 1.54) is 0 Å². The number of hydrogen-bond donors (Lipinski definition) is 1. The number of nitrogens with zero attached hydrogens (tertiary/aromatic N) is 2. The molecular weight excluding hydrogens is 426 g/mol. The summed E-state index contributed by atoms with van der Waals surface area (Å²) in [5, 5.41) is 4.95. The number of ether oxygens (including phenoxy) is 1. The van der Waals surface area contributed by atoms with Gasteiger partial charge in [0.1, 0.15) is 5.60 Å². The Morgan fingerprint density at radius 1 is 1.00 bits per heavy atom. The first-order chi connectivity index (χ1) is 17.0. The van der Waals surface area contributed by atoms with Crippen LogP contribution < -0.4 is 5.32 Å². The molecule has 0 radical (unpaired) electrons. The lowest BCUT2D eigenvalue weighted by molar-refractivity contribution is 0.0139. The van der Waals surface area contributed by atoms with E-state index in [0.29, 0.717) is 43.7 Å². The molecule has 6 nitrogen and oxygen atoms in total. The average Bonchev–Trinajstić information content (AvgIpc) is 3.17. The minimum absolute atomic E-state index is 0.0636. The van der Waals surface area contributed by atoms with Crippen LogP contribution in [0.1, 0.15) is 50.6 Å². The Balaban J connectivity index is 1.27. The lowest BCUT2D eigenvalue weighted by atomic mass is 9.95. The van der Waals surface area contributed by atoms with E-state index < -0.39 is 12.1 Å². The fourth-order valence-corrected chi connectivity index (χ4v) is 4.53. The number of carbonyl (C=O) groups excluding carboxylic acids is 2. The van der Waals surface area contributed by atoms with Crippen molar-refractivity contribution in [1.29, 1.82) is 0 Å². The maximum atomic E-state index is 12.3. The Bertz CT molecular complexity index is 1320. The molecule has 2 heterocycles. The van der Waals surface area contributed by atoms with Gasteiger partial charge < -0.3 is 15.0 Å². The summed E-state index contributed by atoms with van der Waals surface area (Å²) in [5.41, 5.74) is 3.80. The number of anilines is 1. The number of piperazine rings is 1. The molecule has 176 valence electrons. The Kier molecular flexibility index (Phi) is 5.16. The van der Waals surface area contributed by atoms with E-state index in [1.54, 1.807) is 9.80 Å². The van der Waals surface area contributed by atoms with E-state index in [-0.39, 0.29) is 12.0 Å². The molecule has 0 aromatic heterocycles. The quantitative estimate of drug-likeness (QED) is 0.593. The second kappa shape index (κ2) is 8.76. The molecule has 0 atom stereocenters. The molecule has 34 heavy (non-hydrogen) atoms. The number of hydrogen-bond acceptors (Lipinski definition) is 4. The Hall–Kier alpha value is -3.38. The average molecular weight is 460 g/mol. The molecule has 2 aliphatic rings. The normalized spacial score (nSPS) is 17.4. The lowest BCUT2D eigenvalue weighted by Crippen LogP contribution is -2.49. The van der Waals surface area contributed by atoms with Crippen molar-refractivity contribution in [3.05, 3.63) is 76.9 Å². The summed E-state index contributed by atoms with van der Waals surface area (Å²) in [5.74, 6) is -0.0636. The van der Waals surface area contributed by atoms with Crippen LogP contribution in [-0.2, 0) is 17.7 Å². The van der Waals surface area contributed by atoms with E-state index >= 15 is 0 Å². The van der Waals surface area contributed by atoms with E-state index in [9.17, 15) is 9.59 Å². The lowest BCUT2D eigenvalue weighted by Gasteiger charge is -2.35. The van der Waals surface area contributed by atoms with Crippen LogP contribution in [0.25, 0.3) is 10.8 Å². The van der Waals surface area contributed by atoms with Gasteiger partial charge in [-0.25, -0.2) is 4.79 Å². The summed E-state index contributed by atoms with van der Waals surface area (Å²) in [6.07, 6.45) is 0.335. The number of carbonyl (C=O) groups is 2. The highest BCUT2D eigenvalue weighted by Gasteiger charge is 2.26. The summed E-state index contributed by atoms with van der Waals surface area (Å²) in [7, 11) is 0. The van der Waals surface area contributed by atoms with Gasteiger partial charge in [0, 0.05) is 52.1 Å². The summed E-state index contributed by atoms with van der Waals surface area (Å²) >= 11 is 0. The van der Waals surface area contributed by atoms with E-state index in [1.807, 2.05) is 75.4 Å². The van der Waals surface area contributed by atoms with Crippen molar-refractivity contribution in [3.8, 4) is 0 Å². The van der Waals surface area contributed by atoms with Crippen molar-refractivity contribution in [2.45, 2.75) is 39.3 Å². The third kappa shape index (κ3) is 4.64. The Morgan fingerprint density at radius 3 is 2.41 bits per heavy atom. The third-order valence-corrected chi connectivity index (χ3v) is 6.19. The van der Waals surface area contributed by atoms with Crippen LogP contribution >= 0.6 is 0 Å². The predicted octanol–water partition coefficient (Wildman–Crippen LogP) is 5.05. The van der Waals surface area contributed by atoms with Crippen LogP contribution in [0.5, 0.6) is 0 Å². The van der Waals surface area contributed by atoms with Gasteiger partial charge in [-0.3, -0.25) is 9.69 Å². The molecule has 3 aromatic rings. The molecule has 0 unspecified atom stereocenters. The van der Waals surface area contributed by atoms with Gasteiger partial charge in [-0.2, -0.15) is 0 Å². The zero-order valence-electron chi connectivity index (χ0n) is 21.9. The molecule has 5 rings (SSSR count). The first-order valence-corrected chi connectivity index (χ1v) is 11.7. The molecular formula is C28H31N3O3. The van der Waals surface area contributed by atoms with Crippen LogP contribution in [-0.4, -0.2) is 53.6 Å². The van der Waals surface area contributed by atoms with Gasteiger partial charge in [-0.05, 0) is 61.4 Å². The number of amides is 2. The highest BCUT2D eigenvalue weighted by Crippen LogP contribution is 2.35. The fraction of sp³-hybridized carbons (Fsp3) is 0.357. The van der Waals surface area contributed by atoms with Crippen molar-refractivity contribution in [1.82, 2.24) is 9.80 Å². The molecule has 2 aliphatic heterocycles. The van der Waals surface area contributed by atoms with Crippen LogP contribution in [0.4, 0.5) is 10.5 Å². The van der Waals surface area contributed by atoms with Gasteiger partial charge >= 0.3 is 6.09 Å². The van der Waals surface area contributed by atoms with Crippen molar-refractivity contribution in [2.24, 2.45) is 0 Å². The number of nitrogens with one attached hydrogen (secondary N) is 1. The van der Waals surface area contributed by atoms with Crippen molar-refractivity contribution >= 4 is 28.5 Å². The summed E-state index contributed by atoms with van der Waals surface area (Å²) in [6.45, 7) is 5.59. The molecule has 1 fully saturated rings. The molecule has 1 N–H and O–H groups in total. The van der Waals surface area contributed by atoms with Crippen molar-refractivity contribution < 1.29 is 17.1 Å². The largest absolute Gasteiger partial charge is 0.444 e. The van der Waals surface area contributed by atoms with Crippen LogP contribution in [0.3, 0.4) is 0 Å². The number of benzene rings is 3. The standard InChI is InChI=1S/C28H31N3O3/c1-28(2,3)34-27(33)31-15-13-30(14-16-31)18-20-9-7-19(8-10-20)17-21-11-12-24-25-22(21)5-4-6-23(25)26(32)29-24/h4-12H,13-18H2,1-3H3,(H,29,32)/i18D2. The highest BCUT2D eigenvalue weighted by atomic mass is 16.6. The maximum absolute atomic E-state index is 12.3. The molecule has 1 saturated heterocycles. The van der Waals surface area contributed by atoms with E-state index in [4.69, 9.17) is 7.48 Å². The van der Waals surface area contributed by atoms with Gasteiger partial charge in [-0.1, -0.05) is 42.5 Å². The SMILES string of the molecule is [2H]C([2H])(c1ccc(Cc2ccc3c4c(cccc24)C(=O)N3)cc1)N1CCN(C(=O)OC(C)(C)C)CC1. The summed E-state index contributed by atoms with van der Waals surface area (Å²) in [6, 6.07) is 17.4. The van der Waals surface area contributed by atoms with Gasteiger partial charge in [0.15, 0.2) is 0 Å². The van der Waals surface area contributed by atoms with E-state index in [2.05, 4.69) is 5.32 Å². The molecule has 0 bridgehead atoms. The summed E-state index contributed by atoms with van der Waals surface area (Å²) in [4.78, 5) is 28.0. The molecule has 0 saturated carbocycles. The number of rotatable bonds is 4. The Labute approximate surface area is 203 Å². The van der Waals surface area contributed by atoms with Gasteiger partial charge in [0.2, 0.25) is 0 Å². The minimum atomic E-state index is -1.65. The van der Waals surface area contributed by atoms with Crippen LogP contribution in [0, 0.1) is 0 Å². The molecule has 0 spiro atoms. The fourth-order valence-electron chi connectivity index (χ4n) is 4.53. The molecule has 2 amide bonds. The van der Waals surface area contributed by atoms with Crippen molar-refractivity contribution in [2.75, 3.05) is 31.5 Å². The second-order valence-electron chi connectivity index (χ2n) is 9.89. The third-order valence-electron chi connectivity index (χ3n) is 6.19. The van der Waals surface area contributed by atoms with Crippen molar-refractivity contribution in [3.63, 3.8) is 0 Å². The zero-order chi connectivity index (χ0) is 25.7. The van der Waals surface area contributed by atoms with Gasteiger partial charge in [-0.15, -0.1) is 0 Å². The van der Waals surface area contributed by atoms with Crippen LogP contribution in [0.15, 0.2) is 54.6 Å². The molecule has 3 aromatic carbocycles. The second-order valence-corrected chi connectivity index (χ2v) is 9.89. The first kappa shape index (κ1) is 20.0. The minimum Gasteiger partial charge on any atom is -0.444 e. The van der Waals surface area contributed by atoms with Gasteiger partial charge in [0.25, 0.3) is 5.91 Å². The van der Waals surface area contributed by atoms with Crippen LogP contribution in [0.2, 0.25) is 0 Å². The molecule has 6 heteroatoms. The van der Waals surface area contributed by atoms with E-state index in [0.717, 1.165) is 27.6 Å². The highest BCUT2D eigenvalue weighted by molar-refractivity contribution is 6.24. The Morgan fingerprint density at radius 2 is 1.71 bits per heavy atom. The maximum Gasteiger partial charge on any atom is 0.410 e. The predicted molar refractivity (Wildman–Crippen MR) is 134 cm³/mol. The zero-order valence-corrected chi connectivity index (χ0v) is 19.9. The summed E-state index contributed by atoms with van der Waals surface area (Å²) < 4.78 is 23.0. The molecule has 0 aliphatic carbocycles. The smallest absolute Gasteiger partial charge is 0.410 e. The monoisotopic (exact) mass is 459 g/mol.